The van der Waals surface area contributed by atoms with E-state index in [2.05, 4.69) is 0 Å². The lowest BCUT2D eigenvalue weighted by molar-refractivity contribution is -0.381. The highest BCUT2D eigenvalue weighted by molar-refractivity contribution is 4.96. The largest absolute Gasteiger partial charge is 0.394 e. The summed E-state index contributed by atoms with van der Waals surface area (Å²) >= 11 is 0. The number of aliphatic hydroxyl groups excluding tert-OH is 10. The van der Waals surface area contributed by atoms with Crippen LogP contribution in [0.15, 0.2) is 0 Å². The Bertz CT molecular complexity index is 756. The molecule has 39 heavy (non-hydrogen) atoms. The normalized spacial score (nSPS) is 50.6. The van der Waals surface area contributed by atoms with Gasteiger partial charge in [-0.15, -0.1) is 0 Å². The number of ether oxygens (including phenoxy) is 7. The molecule has 10 N–H and O–H groups in total. The van der Waals surface area contributed by atoms with Crippen LogP contribution in [-0.4, -0.2) is 182 Å². The minimum atomic E-state index is -1.89. The van der Waals surface area contributed by atoms with Crippen molar-refractivity contribution < 1.29 is 84.2 Å². The SMILES string of the molecule is OC[C@H]1O[C@@H](O[C@@H]2[C@@H](O)[C@H](O[C@@H]3[C@@H](O)[C@H](OCCC4CO4)O[C@H](CO)[C@H]3O)O[C@H](CO)[C@H]2O)[C@H](O)[C@@H](O)[C@@H]1O. The Kier molecular flexibility index (Phi) is 10.8. The molecular weight excluding hydrogens is 536 g/mol. The van der Waals surface area contributed by atoms with E-state index in [0.29, 0.717) is 13.0 Å². The maximum absolute atomic E-state index is 11.0. The first-order valence-corrected chi connectivity index (χ1v) is 12.7. The second kappa shape index (κ2) is 13.5. The van der Waals surface area contributed by atoms with Crippen LogP contribution in [0.25, 0.3) is 0 Å². The van der Waals surface area contributed by atoms with Gasteiger partial charge >= 0.3 is 0 Å². The van der Waals surface area contributed by atoms with Gasteiger partial charge in [-0.2, -0.15) is 0 Å². The molecule has 0 aromatic heterocycles. The van der Waals surface area contributed by atoms with E-state index < -0.39 is 112 Å². The molecule has 4 heterocycles. The predicted octanol–water partition coefficient (Wildman–Crippen LogP) is -6.76. The van der Waals surface area contributed by atoms with Gasteiger partial charge in [0.15, 0.2) is 18.9 Å². The third-order valence-corrected chi connectivity index (χ3v) is 7.20. The van der Waals surface area contributed by atoms with E-state index in [0.717, 1.165) is 0 Å². The van der Waals surface area contributed by atoms with Gasteiger partial charge in [-0.1, -0.05) is 0 Å². The monoisotopic (exact) mass is 574 g/mol. The van der Waals surface area contributed by atoms with Crippen LogP contribution in [0.4, 0.5) is 0 Å². The fraction of sp³-hybridized carbons (Fsp3) is 1.00. The number of hydrogen-bond acceptors (Lipinski definition) is 17. The Morgan fingerprint density at radius 3 is 1.46 bits per heavy atom. The van der Waals surface area contributed by atoms with Crippen LogP contribution in [0.3, 0.4) is 0 Å². The number of rotatable bonds is 11. The minimum Gasteiger partial charge on any atom is -0.394 e. The zero-order valence-corrected chi connectivity index (χ0v) is 20.8. The van der Waals surface area contributed by atoms with Crippen LogP contribution in [0.2, 0.25) is 0 Å². The average molecular weight is 575 g/mol. The molecule has 228 valence electrons. The molecule has 0 aromatic rings. The summed E-state index contributed by atoms with van der Waals surface area (Å²) in [5.74, 6) is 0. The summed E-state index contributed by atoms with van der Waals surface area (Å²) in [5, 5.41) is 102. The van der Waals surface area contributed by atoms with Gasteiger partial charge in [-0.3, -0.25) is 0 Å². The fourth-order valence-electron chi connectivity index (χ4n) is 4.72. The molecule has 4 aliphatic rings. The lowest BCUT2D eigenvalue weighted by Crippen LogP contribution is -2.67. The van der Waals surface area contributed by atoms with Crippen LogP contribution in [0.1, 0.15) is 6.42 Å². The van der Waals surface area contributed by atoms with Gasteiger partial charge in [-0.05, 0) is 6.42 Å². The summed E-state index contributed by atoms with van der Waals surface area (Å²) in [4.78, 5) is 0. The molecule has 0 radical (unpaired) electrons. The second-order valence-electron chi connectivity index (χ2n) is 9.93. The highest BCUT2D eigenvalue weighted by Crippen LogP contribution is 2.32. The van der Waals surface area contributed by atoms with Gasteiger partial charge in [0.1, 0.15) is 73.2 Å². The highest BCUT2D eigenvalue weighted by Gasteiger charge is 2.53. The van der Waals surface area contributed by atoms with Gasteiger partial charge in [0.2, 0.25) is 0 Å². The maximum atomic E-state index is 11.0. The Balaban J connectivity index is 1.47. The van der Waals surface area contributed by atoms with Gasteiger partial charge in [-0.25, -0.2) is 0 Å². The van der Waals surface area contributed by atoms with E-state index >= 15 is 0 Å². The predicted molar refractivity (Wildman–Crippen MR) is 119 cm³/mol. The molecular formula is C22H38O17. The van der Waals surface area contributed by atoms with Crippen molar-refractivity contribution in [2.24, 2.45) is 0 Å². The summed E-state index contributed by atoms with van der Waals surface area (Å²) in [7, 11) is 0. The molecule has 1 unspecified atom stereocenters. The fourth-order valence-corrected chi connectivity index (χ4v) is 4.72. The third kappa shape index (κ3) is 6.87. The third-order valence-electron chi connectivity index (χ3n) is 7.20. The molecule has 4 saturated heterocycles. The molecule has 0 bridgehead atoms. The van der Waals surface area contributed by atoms with Crippen molar-refractivity contribution in [3.05, 3.63) is 0 Å². The number of aliphatic hydroxyl groups is 10. The van der Waals surface area contributed by atoms with Crippen LogP contribution >= 0.6 is 0 Å². The lowest BCUT2D eigenvalue weighted by Gasteiger charge is -2.48. The Morgan fingerprint density at radius 1 is 0.538 bits per heavy atom. The molecule has 17 heteroatoms. The van der Waals surface area contributed by atoms with Gasteiger partial charge in [0.25, 0.3) is 0 Å². The molecule has 0 spiro atoms. The molecule has 4 rings (SSSR count). The van der Waals surface area contributed by atoms with E-state index in [1.807, 2.05) is 0 Å². The van der Waals surface area contributed by atoms with Crippen LogP contribution < -0.4 is 0 Å². The summed E-state index contributed by atoms with van der Waals surface area (Å²) in [5.41, 5.74) is 0. The van der Waals surface area contributed by atoms with E-state index in [9.17, 15) is 51.1 Å². The Hall–Kier alpha value is -0.680. The molecule has 4 fully saturated rings. The van der Waals surface area contributed by atoms with Gasteiger partial charge < -0.3 is 84.2 Å². The van der Waals surface area contributed by atoms with E-state index in [1.54, 1.807) is 0 Å². The standard InChI is InChI=1S/C22H38O17/c23-3-8-11(26)14(29)15(30)21(36-8)38-19-13(28)10(5-25)37-22(17(19)32)39-18-12(27)9(4-24)35-20(16(18)31)33-2-1-7-6-34-7/h7-32H,1-6H2/t7?,8-,9-,10-,11-,12-,13-,14+,15-,16-,17-,18+,19+,20-,21+,22+/m1/s1. The summed E-state index contributed by atoms with van der Waals surface area (Å²) < 4.78 is 38.0. The molecule has 0 aromatic carbocycles. The second-order valence-corrected chi connectivity index (χ2v) is 9.93. The molecule has 0 aliphatic carbocycles. The Labute approximate surface area is 222 Å². The zero-order chi connectivity index (χ0) is 28.4. The van der Waals surface area contributed by atoms with Crippen molar-refractivity contribution in [1.29, 1.82) is 0 Å². The van der Waals surface area contributed by atoms with Gasteiger partial charge in [0, 0.05) is 0 Å². The van der Waals surface area contributed by atoms with Crippen LogP contribution in [0, 0.1) is 0 Å². The summed E-state index contributed by atoms with van der Waals surface area (Å²) in [6.07, 6.45) is -23.8. The summed E-state index contributed by atoms with van der Waals surface area (Å²) in [6, 6.07) is 0. The summed E-state index contributed by atoms with van der Waals surface area (Å²) in [6.45, 7) is -1.51. The maximum Gasteiger partial charge on any atom is 0.187 e. The van der Waals surface area contributed by atoms with Gasteiger partial charge in [0.05, 0.1) is 39.1 Å². The first kappa shape index (κ1) is 31.3. The van der Waals surface area contributed by atoms with E-state index in [1.165, 1.54) is 0 Å². The Morgan fingerprint density at radius 2 is 0.974 bits per heavy atom. The molecule has 0 saturated carbocycles. The van der Waals surface area contributed by atoms with Crippen molar-refractivity contribution in [3.63, 3.8) is 0 Å². The highest BCUT2D eigenvalue weighted by atomic mass is 16.8. The average Bonchev–Trinajstić information content (AvgIpc) is 3.75. The first-order chi connectivity index (χ1) is 18.6. The van der Waals surface area contributed by atoms with Crippen LogP contribution in [-0.2, 0) is 33.2 Å². The zero-order valence-electron chi connectivity index (χ0n) is 20.8. The van der Waals surface area contributed by atoms with Crippen molar-refractivity contribution in [2.45, 2.75) is 105 Å². The van der Waals surface area contributed by atoms with Crippen molar-refractivity contribution in [2.75, 3.05) is 33.0 Å². The van der Waals surface area contributed by atoms with E-state index in [-0.39, 0.29) is 12.7 Å². The number of epoxide rings is 1. The molecule has 16 atom stereocenters. The van der Waals surface area contributed by atoms with Crippen molar-refractivity contribution >= 4 is 0 Å². The van der Waals surface area contributed by atoms with Crippen molar-refractivity contribution in [1.82, 2.24) is 0 Å². The van der Waals surface area contributed by atoms with E-state index in [4.69, 9.17) is 33.2 Å². The quantitative estimate of drug-likeness (QED) is 0.103. The molecule has 0 amide bonds. The number of hydrogen-bond donors (Lipinski definition) is 10. The topological polar surface area (TPSA) is 270 Å². The van der Waals surface area contributed by atoms with Crippen molar-refractivity contribution in [3.8, 4) is 0 Å². The van der Waals surface area contributed by atoms with Crippen LogP contribution in [0.5, 0.6) is 0 Å². The smallest absolute Gasteiger partial charge is 0.187 e. The molecule has 17 nitrogen and oxygen atoms in total. The minimum absolute atomic E-state index is 0.0327. The first-order valence-electron chi connectivity index (χ1n) is 12.7. The lowest BCUT2D eigenvalue weighted by atomic mass is 9.96. The molecule has 4 aliphatic heterocycles.